The lowest BCUT2D eigenvalue weighted by Gasteiger charge is -2.13. The van der Waals surface area contributed by atoms with Gasteiger partial charge in [-0.1, -0.05) is 26.0 Å². The summed E-state index contributed by atoms with van der Waals surface area (Å²) in [7, 11) is 0. The van der Waals surface area contributed by atoms with E-state index in [1.165, 1.54) is 6.07 Å². The van der Waals surface area contributed by atoms with Crippen LogP contribution < -0.4 is 4.74 Å². The number of halogens is 3. The normalized spacial score (nSPS) is 11.5. The Balaban J connectivity index is 2.97. The summed E-state index contributed by atoms with van der Waals surface area (Å²) in [4.78, 5) is 0. The fourth-order valence-electron chi connectivity index (χ4n) is 1.35. The highest BCUT2D eigenvalue weighted by molar-refractivity contribution is 5.37. The topological polar surface area (TPSA) is 9.23 Å². The minimum Gasteiger partial charge on any atom is -0.406 e. The number of hydrogen-bond acceptors (Lipinski definition) is 1. The SMILES string of the molecule is CCc1ccc(OC(F)(F)F)c(CC)c1. The molecule has 0 radical (unpaired) electrons. The summed E-state index contributed by atoms with van der Waals surface area (Å²) in [5.74, 6) is -0.0952. The predicted octanol–water partition coefficient (Wildman–Crippen LogP) is 3.71. The van der Waals surface area contributed by atoms with Crippen LogP contribution >= 0.6 is 0 Å². The quantitative estimate of drug-likeness (QED) is 0.751. The van der Waals surface area contributed by atoms with Gasteiger partial charge in [0.1, 0.15) is 5.75 Å². The van der Waals surface area contributed by atoms with Gasteiger partial charge in [0.25, 0.3) is 0 Å². The van der Waals surface area contributed by atoms with E-state index in [4.69, 9.17) is 0 Å². The van der Waals surface area contributed by atoms with E-state index in [1.54, 1.807) is 19.1 Å². The Bertz CT molecular complexity index is 331. The number of benzene rings is 1. The minimum atomic E-state index is -4.61. The van der Waals surface area contributed by atoms with Gasteiger partial charge >= 0.3 is 6.36 Å². The third-order valence-corrected chi connectivity index (χ3v) is 2.14. The van der Waals surface area contributed by atoms with Crippen LogP contribution in [-0.4, -0.2) is 6.36 Å². The van der Waals surface area contributed by atoms with Gasteiger partial charge in [-0.15, -0.1) is 13.2 Å². The van der Waals surface area contributed by atoms with Gasteiger partial charge in [0.05, 0.1) is 0 Å². The van der Waals surface area contributed by atoms with Crippen LogP contribution in [0.3, 0.4) is 0 Å². The molecule has 4 heteroatoms. The van der Waals surface area contributed by atoms with E-state index in [0.29, 0.717) is 12.0 Å². The Morgan fingerprint density at radius 3 is 2.27 bits per heavy atom. The maximum Gasteiger partial charge on any atom is 0.573 e. The monoisotopic (exact) mass is 218 g/mol. The second kappa shape index (κ2) is 4.55. The first kappa shape index (κ1) is 11.9. The lowest BCUT2D eigenvalue weighted by Crippen LogP contribution is -2.18. The van der Waals surface area contributed by atoms with Crippen LogP contribution in [0.1, 0.15) is 25.0 Å². The summed E-state index contributed by atoms with van der Waals surface area (Å²) < 4.78 is 40.0. The molecule has 1 nitrogen and oxygen atoms in total. The van der Waals surface area contributed by atoms with Crippen LogP contribution in [0.5, 0.6) is 5.75 Å². The summed E-state index contributed by atoms with van der Waals surface area (Å²) in [6.45, 7) is 3.76. The predicted molar refractivity (Wildman–Crippen MR) is 51.9 cm³/mol. The highest BCUT2D eigenvalue weighted by Crippen LogP contribution is 2.27. The molecule has 0 saturated carbocycles. The Morgan fingerprint density at radius 1 is 1.13 bits per heavy atom. The van der Waals surface area contributed by atoms with Gasteiger partial charge < -0.3 is 4.74 Å². The third-order valence-electron chi connectivity index (χ3n) is 2.14. The molecule has 0 spiro atoms. The van der Waals surface area contributed by atoms with Gasteiger partial charge in [0.15, 0.2) is 0 Å². The summed E-state index contributed by atoms with van der Waals surface area (Å²) in [5.41, 5.74) is 1.60. The van der Waals surface area contributed by atoms with Crippen molar-refractivity contribution in [1.82, 2.24) is 0 Å². The van der Waals surface area contributed by atoms with Crippen molar-refractivity contribution in [3.05, 3.63) is 29.3 Å². The van der Waals surface area contributed by atoms with E-state index >= 15 is 0 Å². The maximum atomic E-state index is 12.0. The molecule has 1 aromatic carbocycles. The van der Waals surface area contributed by atoms with Crippen LogP contribution in [0, 0.1) is 0 Å². The van der Waals surface area contributed by atoms with Crippen molar-refractivity contribution in [3.63, 3.8) is 0 Å². The lowest BCUT2D eigenvalue weighted by atomic mass is 10.1. The molecule has 0 aliphatic rings. The molecule has 0 fully saturated rings. The molecule has 0 amide bonds. The van der Waals surface area contributed by atoms with Crippen molar-refractivity contribution in [2.75, 3.05) is 0 Å². The van der Waals surface area contributed by atoms with Crippen molar-refractivity contribution >= 4 is 0 Å². The standard InChI is InChI=1S/C11H13F3O/c1-3-8-5-6-10(9(4-2)7-8)15-11(12,13)14/h5-7H,3-4H2,1-2H3. The molecule has 15 heavy (non-hydrogen) atoms. The van der Waals surface area contributed by atoms with Crippen molar-refractivity contribution in [3.8, 4) is 5.75 Å². The maximum absolute atomic E-state index is 12.0. The zero-order valence-corrected chi connectivity index (χ0v) is 8.69. The van der Waals surface area contributed by atoms with Crippen LogP contribution in [0.4, 0.5) is 13.2 Å². The zero-order valence-electron chi connectivity index (χ0n) is 8.69. The highest BCUT2D eigenvalue weighted by atomic mass is 19.4. The van der Waals surface area contributed by atoms with E-state index in [0.717, 1.165) is 12.0 Å². The van der Waals surface area contributed by atoms with Crippen molar-refractivity contribution in [2.45, 2.75) is 33.1 Å². The van der Waals surface area contributed by atoms with Crippen molar-refractivity contribution in [2.24, 2.45) is 0 Å². The number of ether oxygens (including phenoxy) is 1. The Morgan fingerprint density at radius 2 is 1.80 bits per heavy atom. The smallest absolute Gasteiger partial charge is 0.406 e. The molecule has 0 aliphatic carbocycles. The van der Waals surface area contributed by atoms with E-state index in [2.05, 4.69) is 4.74 Å². The summed E-state index contributed by atoms with van der Waals surface area (Å²) in [5, 5.41) is 0. The number of hydrogen-bond donors (Lipinski definition) is 0. The molecule has 1 aromatic rings. The van der Waals surface area contributed by atoms with E-state index in [-0.39, 0.29) is 5.75 Å². The van der Waals surface area contributed by atoms with Crippen LogP contribution in [-0.2, 0) is 12.8 Å². The number of alkyl halides is 3. The fraction of sp³-hybridized carbons (Fsp3) is 0.455. The minimum absolute atomic E-state index is 0.0952. The molecule has 1 rings (SSSR count). The fourth-order valence-corrected chi connectivity index (χ4v) is 1.35. The third kappa shape index (κ3) is 3.46. The zero-order chi connectivity index (χ0) is 11.5. The average molecular weight is 218 g/mol. The van der Waals surface area contributed by atoms with Gasteiger partial charge in [-0.25, -0.2) is 0 Å². The molecule has 0 aliphatic heterocycles. The second-order valence-corrected chi connectivity index (χ2v) is 3.20. The first-order valence-corrected chi connectivity index (χ1v) is 4.83. The van der Waals surface area contributed by atoms with Gasteiger partial charge in [-0.2, -0.15) is 0 Å². The Kier molecular flexibility index (Phi) is 3.61. The van der Waals surface area contributed by atoms with E-state index in [1.807, 2.05) is 6.92 Å². The largest absolute Gasteiger partial charge is 0.573 e. The molecule has 0 aromatic heterocycles. The van der Waals surface area contributed by atoms with Gasteiger partial charge in [-0.05, 0) is 30.0 Å². The van der Waals surface area contributed by atoms with Crippen molar-refractivity contribution < 1.29 is 17.9 Å². The average Bonchev–Trinajstić information content (AvgIpc) is 2.16. The van der Waals surface area contributed by atoms with Gasteiger partial charge in [0, 0.05) is 0 Å². The van der Waals surface area contributed by atoms with Gasteiger partial charge in [0.2, 0.25) is 0 Å². The van der Waals surface area contributed by atoms with E-state index < -0.39 is 6.36 Å². The molecular formula is C11H13F3O. The molecule has 0 N–H and O–H groups in total. The van der Waals surface area contributed by atoms with E-state index in [9.17, 15) is 13.2 Å². The molecule has 0 unspecified atom stereocenters. The van der Waals surface area contributed by atoms with Gasteiger partial charge in [-0.3, -0.25) is 0 Å². The summed E-state index contributed by atoms with van der Waals surface area (Å²) in [6, 6.07) is 4.78. The second-order valence-electron chi connectivity index (χ2n) is 3.20. The van der Waals surface area contributed by atoms with Crippen LogP contribution in [0.15, 0.2) is 18.2 Å². The van der Waals surface area contributed by atoms with Crippen molar-refractivity contribution in [1.29, 1.82) is 0 Å². The van der Waals surface area contributed by atoms with Crippen LogP contribution in [0.25, 0.3) is 0 Å². The highest BCUT2D eigenvalue weighted by Gasteiger charge is 2.31. The molecule has 0 heterocycles. The lowest BCUT2D eigenvalue weighted by molar-refractivity contribution is -0.274. The summed E-state index contributed by atoms with van der Waals surface area (Å²) in [6.07, 6.45) is -3.28. The van der Waals surface area contributed by atoms with Crippen LogP contribution in [0.2, 0.25) is 0 Å². The molecule has 0 atom stereocenters. The molecular weight excluding hydrogens is 205 g/mol. The Labute approximate surface area is 86.9 Å². The first-order valence-electron chi connectivity index (χ1n) is 4.83. The molecule has 84 valence electrons. The summed E-state index contributed by atoms with van der Waals surface area (Å²) >= 11 is 0. The molecule has 0 saturated heterocycles. The molecule has 0 bridgehead atoms. The first-order chi connectivity index (χ1) is 6.96. The Hall–Kier alpha value is -1.19. The number of rotatable bonds is 3. The number of aryl methyl sites for hydroxylation is 2.